The molecule has 23 heavy (non-hydrogen) atoms. The van der Waals surface area contributed by atoms with E-state index in [1.165, 1.54) is 15.9 Å². The highest BCUT2D eigenvalue weighted by molar-refractivity contribution is 6.35. The van der Waals surface area contributed by atoms with Crippen molar-refractivity contribution < 1.29 is 4.79 Å². The van der Waals surface area contributed by atoms with E-state index in [0.29, 0.717) is 15.7 Å². The number of hydrogen-bond donors (Lipinski definition) is 1. The lowest BCUT2D eigenvalue weighted by Crippen LogP contribution is -2.33. The van der Waals surface area contributed by atoms with Gasteiger partial charge in [0.25, 0.3) is 0 Å². The van der Waals surface area contributed by atoms with E-state index in [0.717, 1.165) is 5.69 Å². The van der Waals surface area contributed by atoms with Crippen LogP contribution in [-0.2, 0) is 0 Å². The third-order valence-electron chi connectivity index (χ3n) is 3.06. The van der Waals surface area contributed by atoms with E-state index in [9.17, 15) is 4.79 Å². The molecule has 3 rings (SSSR count). The number of nitrogens with zero attached hydrogens (tertiary/aromatic N) is 4. The molecular formula is C15H11Cl2N5O. The molecule has 6 nitrogen and oxygen atoms in total. The minimum atomic E-state index is -0.728. The van der Waals surface area contributed by atoms with E-state index in [1.807, 2.05) is 30.3 Å². The number of para-hydroxylation sites is 1. The molecule has 0 saturated heterocycles. The normalized spacial score (nSPS) is 10.5. The van der Waals surface area contributed by atoms with E-state index in [2.05, 4.69) is 10.1 Å². The molecular weight excluding hydrogens is 337 g/mol. The minimum Gasteiger partial charge on any atom is -0.351 e. The fraction of sp³-hybridized carbons (Fsp3) is 0. The van der Waals surface area contributed by atoms with Gasteiger partial charge in [0.15, 0.2) is 0 Å². The standard InChI is InChI=1S/C15H11Cl2N5O/c16-10-6-11(17)8-13(7-10)21(14(18)23)15-19-9-20-22(15)12-4-2-1-3-5-12/h1-9H,(H2,18,23). The maximum Gasteiger partial charge on any atom is 0.326 e. The predicted molar refractivity (Wildman–Crippen MR) is 89.5 cm³/mol. The lowest BCUT2D eigenvalue weighted by atomic mass is 10.3. The van der Waals surface area contributed by atoms with Crippen LogP contribution >= 0.6 is 23.2 Å². The zero-order chi connectivity index (χ0) is 16.4. The summed E-state index contributed by atoms with van der Waals surface area (Å²) in [6.07, 6.45) is 1.34. The number of primary amides is 1. The number of anilines is 2. The Morgan fingerprint density at radius 2 is 1.74 bits per heavy atom. The SMILES string of the molecule is NC(=O)N(c1cc(Cl)cc(Cl)c1)c1ncnn1-c1ccccc1. The Kier molecular flexibility index (Phi) is 4.18. The topological polar surface area (TPSA) is 77.0 Å². The molecule has 3 aromatic rings. The first-order valence-electron chi connectivity index (χ1n) is 6.57. The summed E-state index contributed by atoms with van der Waals surface area (Å²) in [5, 5.41) is 4.91. The van der Waals surface area contributed by atoms with Crippen molar-refractivity contribution in [2.75, 3.05) is 4.90 Å². The Labute approximate surface area is 142 Å². The number of nitrogens with two attached hydrogens (primary N) is 1. The van der Waals surface area contributed by atoms with Gasteiger partial charge >= 0.3 is 6.03 Å². The van der Waals surface area contributed by atoms with Crippen LogP contribution in [0.2, 0.25) is 10.0 Å². The van der Waals surface area contributed by atoms with E-state index in [4.69, 9.17) is 28.9 Å². The van der Waals surface area contributed by atoms with E-state index < -0.39 is 6.03 Å². The Balaban J connectivity index is 2.14. The highest BCUT2D eigenvalue weighted by Crippen LogP contribution is 2.30. The second kappa shape index (κ2) is 6.28. The van der Waals surface area contributed by atoms with Crippen LogP contribution in [0.5, 0.6) is 0 Å². The van der Waals surface area contributed by atoms with Crippen molar-refractivity contribution in [2.45, 2.75) is 0 Å². The van der Waals surface area contributed by atoms with Crippen LogP contribution in [0.1, 0.15) is 0 Å². The second-order valence-electron chi connectivity index (χ2n) is 4.61. The highest BCUT2D eigenvalue weighted by atomic mass is 35.5. The number of aromatic nitrogens is 3. The van der Waals surface area contributed by atoms with Gasteiger partial charge in [-0.05, 0) is 30.3 Å². The number of carbonyl (C=O) groups is 1. The Morgan fingerprint density at radius 3 is 2.35 bits per heavy atom. The average Bonchev–Trinajstić information content (AvgIpc) is 2.96. The van der Waals surface area contributed by atoms with Crippen LogP contribution in [0.25, 0.3) is 5.69 Å². The van der Waals surface area contributed by atoms with Crippen molar-refractivity contribution in [3.05, 3.63) is 64.9 Å². The molecule has 0 radical (unpaired) electrons. The molecule has 0 saturated carbocycles. The van der Waals surface area contributed by atoms with Gasteiger partial charge in [0.05, 0.1) is 11.4 Å². The number of amides is 2. The highest BCUT2D eigenvalue weighted by Gasteiger charge is 2.22. The van der Waals surface area contributed by atoms with Gasteiger partial charge in [-0.3, -0.25) is 0 Å². The lowest BCUT2D eigenvalue weighted by Gasteiger charge is -2.20. The molecule has 2 amide bonds. The molecule has 8 heteroatoms. The lowest BCUT2D eigenvalue weighted by molar-refractivity contribution is 0.255. The quantitative estimate of drug-likeness (QED) is 0.782. The van der Waals surface area contributed by atoms with Gasteiger partial charge in [0.1, 0.15) is 6.33 Å². The zero-order valence-corrected chi connectivity index (χ0v) is 13.2. The maximum atomic E-state index is 12.0. The van der Waals surface area contributed by atoms with Gasteiger partial charge in [0, 0.05) is 10.0 Å². The summed E-state index contributed by atoms with van der Waals surface area (Å²) >= 11 is 12.0. The van der Waals surface area contributed by atoms with Crippen LogP contribution in [0, 0.1) is 0 Å². The van der Waals surface area contributed by atoms with Crippen molar-refractivity contribution in [2.24, 2.45) is 5.73 Å². The Morgan fingerprint density at radius 1 is 1.09 bits per heavy atom. The number of benzene rings is 2. The van der Waals surface area contributed by atoms with Gasteiger partial charge in [-0.1, -0.05) is 41.4 Å². The molecule has 0 bridgehead atoms. The predicted octanol–water partition coefficient (Wildman–Crippen LogP) is 3.79. The minimum absolute atomic E-state index is 0.238. The van der Waals surface area contributed by atoms with Crippen LogP contribution in [-0.4, -0.2) is 20.8 Å². The fourth-order valence-electron chi connectivity index (χ4n) is 2.15. The average molecular weight is 348 g/mol. The van der Waals surface area contributed by atoms with Crippen molar-refractivity contribution >= 4 is 40.9 Å². The van der Waals surface area contributed by atoms with E-state index in [1.54, 1.807) is 18.2 Å². The summed E-state index contributed by atoms with van der Waals surface area (Å²) in [4.78, 5) is 17.3. The first-order chi connectivity index (χ1) is 11.1. The summed E-state index contributed by atoms with van der Waals surface area (Å²) in [5.41, 5.74) is 6.67. The first-order valence-corrected chi connectivity index (χ1v) is 7.33. The summed E-state index contributed by atoms with van der Waals surface area (Å²) in [5.74, 6) is 0.238. The van der Waals surface area contributed by atoms with Crippen molar-refractivity contribution in [3.8, 4) is 5.69 Å². The van der Waals surface area contributed by atoms with Crippen LogP contribution in [0.15, 0.2) is 54.9 Å². The number of halogens is 2. The van der Waals surface area contributed by atoms with Crippen molar-refractivity contribution in [1.29, 1.82) is 0 Å². The van der Waals surface area contributed by atoms with Crippen LogP contribution in [0.4, 0.5) is 16.4 Å². The maximum absolute atomic E-state index is 12.0. The summed E-state index contributed by atoms with van der Waals surface area (Å²) in [6, 6.07) is 13.2. The largest absolute Gasteiger partial charge is 0.351 e. The molecule has 0 spiro atoms. The number of urea groups is 1. The molecule has 0 unspecified atom stereocenters. The third-order valence-corrected chi connectivity index (χ3v) is 3.49. The molecule has 0 aliphatic rings. The first kappa shape index (κ1) is 15.3. The van der Waals surface area contributed by atoms with Crippen molar-refractivity contribution in [1.82, 2.24) is 14.8 Å². The molecule has 116 valence electrons. The van der Waals surface area contributed by atoms with E-state index in [-0.39, 0.29) is 5.95 Å². The summed E-state index contributed by atoms with van der Waals surface area (Å²) in [7, 11) is 0. The Hall–Kier alpha value is -2.57. The van der Waals surface area contributed by atoms with Crippen LogP contribution < -0.4 is 10.6 Å². The molecule has 0 atom stereocenters. The van der Waals surface area contributed by atoms with Gasteiger partial charge in [0.2, 0.25) is 5.95 Å². The number of carbonyl (C=O) groups excluding carboxylic acids is 1. The molecule has 0 aliphatic heterocycles. The second-order valence-corrected chi connectivity index (χ2v) is 5.48. The van der Waals surface area contributed by atoms with Gasteiger partial charge < -0.3 is 5.73 Å². The molecule has 0 fully saturated rings. The third kappa shape index (κ3) is 3.13. The van der Waals surface area contributed by atoms with Gasteiger partial charge in [-0.25, -0.2) is 9.69 Å². The molecule has 2 N–H and O–H groups in total. The Bertz CT molecular complexity index is 830. The van der Waals surface area contributed by atoms with Crippen LogP contribution in [0.3, 0.4) is 0 Å². The van der Waals surface area contributed by atoms with E-state index >= 15 is 0 Å². The van der Waals surface area contributed by atoms with Crippen molar-refractivity contribution in [3.63, 3.8) is 0 Å². The molecule has 1 heterocycles. The number of hydrogen-bond acceptors (Lipinski definition) is 3. The molecule has 0 aliphatic carbocycles. The fourth-order valence-corrected chi connectivity index (χ4v) is 2.66. The molecule has 2 aromatic carbocycles. The molecule has 1 aromatic heterocycles. The number of rotatable bonds is 3. The van der Waals surface area contributed by atoms with Gasteiger partial charge in [-0.2, -0.15) is 14.8 Å². The zero-order valence-electron chi connectivity index (χ0n) is 11.7. The summed E-state index contributed by atoms with van der Waals surface area (Å²) in [6.45, 7) is 0. The summed E-state index contributed by atoms with van der Waals surface area (Å²) < 4.78 is 1.50. The monoisotopic (exact) mass is 347 g/mol. The smallest absolute Gasteiger partial charge is 0.326 e. The van der Waals surface area contributed by atoms with Gasteiger partial charge in [-0.15, -0.1) is 0 Å².